The first-order valence-electron chi connectivity index (χ1n) is 16.1. The van der Waals surface area contributed by atoms with Crippen LogP contribution in [-0.4, -0.2) is 73.0 Å². The maximum Gasteiger partial charge on any atom is 0.344 e. The van der Waals surface area contributed by atoms with Crippen molar-refractivity contribution >= 4 is 35.8 Å². The molecule has 0 fully saturated rings. The van der Waals surface area contributed by atoms with Crippen molar-refractivity contribution in [2.75, 3.05) is 26.4 Å². The fraction of sp³-hybridized carbons (Fsp3) is 0.706. The molecular formula is C34H56O12. The van der Waals surface area contributed by atoms with Crippen molar-refractivity contribution in [1.82, 2.24) is 0 Å². The van der Waals surface area contributed by atoms with Gasteiger partial charge in [0.25, 0.3) is 0 Å². The third-order valence-corrected chi connectivity index (χ3v) is 5.88. The predicted molar refractivity (Wildman–Crippen MR) is 172 cm³/mol. The third kappa shape index (κ3) is 30.3. The topological polar surface area (TPSA) is 169 Å². The van der Waals surface area contributed by atoms with Crippen LogP contribution >= 0.6 is 0 Å². The monoisotopic (exact) mass is 656 g/mol. The second kappa shape index (κ2) is 27.6. The van der Waals surface area contributed by atoms with E-state index in [1.165, 1.54) is 38.5 Å². The highest BCUT2D eigenvalue weighted by Gasteiger charge is 2.20. The number of carboxylic acids is 1. The maximum atomic E-state index is 11.7. The lowest BCUT2D eigenvalue weighted by Crippen LogP contribution is -2.27. The Hall–Kier alpha value is -3.70. The van der Waals surface area contributed by atoms with Crippen molar-refractivity contribution in [3.8, 4) is 0 Å². The van der Waals surface area contributed by atoms with E-state index in [9.17, 15) is 28.8 Å². The van der Waals surface area contributed by atoms with Gasteiger partial charge in [-0.25, -0.2) is 19.2 Å². The minimum absolute atomic E-state index is 0.0449. The van der Waals surface area contributed by atoms with Crippen LogP contribution in [0.3, 0.4) is 0 Å². The minimum atomic E-state index is -1.26. The fourth-order valence-electron chi connectivity index (χ4n) is 3.56. The number of carbonyl (C=O) groups excluding carboxylic acids is 5. The van der Waals surface area contributed by atoms with Crippen LogP contribution in [-0.2, 0) is 52.5 Å². The summed E-state index contributed by atoms with van der Waals surface area (Å²) in [5.41, 5.74) is -0.804. The van der Waals surface area contributed by atoms with E-state index in [0.29, 0.717) is 13.2 Å². The zero-order chi connectivity index (χ0) is 35.4. The molecule has 0 aliphatic heterocycles. The van der Waals surface area contributed by atoms with Crippen LogP contribution in [0.25, 0.3) is 0 Å². The number of unbranched alkanes of at least 4 members (excludes halogenated alkanes) is 10. The first-order valence-corrected chi connectivity index (χ1v) is 16.1. The number of hydrogen-bond acceptors (Lipinski definition) is 11. The van der Waals surface area contributed by atoms with E-state index in [1.807, 2.05) is 0 Å². The number of carboxylic acid groups (broad SMARTS) is 1. The number of rotatable bonds is 24. The van der Waals surface area contributed by atoms with E-state index in [0.717, 1.165) is 38.5 Å². The largest absolute Gasteiger partial charge is 0.479 e. The summed E-state index contributed by atoms with van der Waals surface area (Å²) in [5, 5.41) is 8.35. The minimum Gasteiger partial charge on any atom is -0.479 e. The molecule has 0 radical (unpaired) electrons. The SMILES string of the molecule is C=C(CC(=O)OCCCCCCCC)C(=O)OCC(=O)O.C=C(CC(=O)OCCCCCCCC)C(=O)OCC(=O)OC(C)(C)C. The molecule has 0 amide bonds. The Kier molecular flexibility index (Phi) is 26.7. The Morgan fingerprint density at radius 3 is 1.28 bits per heavy atom. The highest BCUT2D eigenvalue weighted by molar-refractivity contribution is 5.94. The summed E-state index contributed by atoms with van der Waals surface area (Å²) < 4.78 is 24.2. The van der Waals surface area contributed by atoms with Crippen LogP contribution in [0.5, 0.6) is 0 Å². The van der Waals surface area contributed by atoms with Gasteiger partial charge in [0.05, 0.1) is 26.1 Å². The predicted octanol–water partition coefficient (Wildman–Crippen LogP) is 6.19. The Labute approximate surface area is 274 Å². The number of aliphatic carboxylic acids is 1. The molecule has 0 saturated heterocycles. The maximum absolute atomic E-state index is 11.7. The van der Waals surface area contributed by atoms with Crippen LogP contribution in [0.4, 0.5) is 0 Å². The van der Waals surface area contributed by atoms with E-state index in [1.54, 1.807) is 20.8 Å². The van der Waals surface area contributed by atoms with Gasteiger partial charge in [0.2, 0.25) is 0 Å². The highest BCUT2D eigenvalue weighted by atomic mass is 16.6. The van der Waals surface area contributed by atoms with Gasteiger partial charge in [0.15, 0.2) is 13.2 Å². The van der Waals surface area contributed by atoms with Crippen molar-refractivity contribution in [2.24, 2.45) is 0 Å². The summed E-state index contributed by atoms with van der Waals surface area (Å²) in [6.07, 6.45) is 12.6. The molecule has 1 N–H and O–H groups in total. The first-order chi connectivity index (χ1) is 21.6. The lowest BCUT2D eigenvalue weighted by atomic mass is 10.1. The first kappa shape index (κ1) is 44.4. The summed E-state index contributed by atoms with van der Waals surface area (Å²) in [4.78, 5) is 67.7. The normalized spacial score (nSPS) is 10.5. The van der Waals surface area contributed by atoms with Crippen molar-refractivity contribution in [1.29, 1.82) is 0 Å². The van der Waals surface area contributed by atoms with Gasteiger partial charge in [-0.2, -0.15) is 0 Å². The average Bonchev–Trinajstić information content (AvgIpc) is 2.97. The summed E-state index contributed by atoms with van der Waals surface area (Å²) in [6, 6.07) is 0. The van der Waals surface area contributed by atoms with Crippen LogP contribution in [0, 0.1) is 0 Å². The number of ether oxygens (including phenoxy) is 5. The Balaban J connectivity index is 0. The molecule has 0 rings (SSSR count). The molecule has 0 aromatic heterocycles. The number of esters is 5. The summed E-state index contributed by atoms with van der Waals surface area (Å²) in [6.45, 7) is 15.7. The standard InChI is InChI=1S/C19H32O6.C15H24O6/c1-6-7-8-9-10-11-12-23-16(20)13-15(2)18(22)24-14-17(21)25-19(3,4)5;1-3-4-5-6-7-8-9-20-14(18)10-12(2)15(19)21-11-13(16)17/h2,6-14H2,1,3-5H3;2-11H2,1H3,(H,16,17). The molecule has 0 aromatic carbocycles. The molecule has 12 heteroatoms. The second-order valence-electron chi connectivity index (χ2n) is 11.7. The van der Waals surface area contributed by atoms with Gasteiger partial charge in [-0.15, -0.1) is 0 Å². The molecular weight excluding hydrogens is 600 g/mol. The molecule has 0 atom stereocenters. The molecule has 46 heavy (non-hydrogen) atoms. The molecule has 0 saturated carbocycles. The lowest BCUT2D eigenvalue weighted by Gasteiger charge is -2.19. The second-order valence-corrected chi connectivity index (χ2v) is 11.7. The summed E-state index contributed by atoms with van der Waals surface area (Å²) in [5.74, 6) is -4.69. The number of carbonyl (C=O) groups is 6. The molecule has 0 spiro atoms. The Bertz CT molecular complexity index is 962. The highest BCUT2D eigenvalue weighted by Crippen LogP contribution is 2.10. The van der Waals surface area contributed by atoms with Crippen LogP contribution in [0.2, 0.25) is 0 Å². The number of hydrogen-bond donors (Lipinski definition) is 1. The quantitative estimate of drug-likeness (QED) is 0.0542. The summed E-state index contributed by atoms with van der Waals surface area (Å²) >= 11 is 0. The van der Waals surface area contributed by atoms with Crippen molar-refractivity contribution in [3.63, 3.8) is 0 Å². The molecule has 0 unspecified atom stereocenters. The van der Waals surface area contributed by atoms with Crippen LogP contribution < -0.4 is 0 Å². The molecule has 12 nitrogen and oxygen atoms in total. The fourth-order valence-corrected chi connectivity index (χ4v) is 3.56. The van der Waals surface area contributed by atoms with Gasteiger partial charge in [0.1, 0.15) is 5.60 Å². The zero-order valence-electron chi connectivity index (χ0n) is 28.6. The van der Waals surface area contributed by atoms with E-state index >= 15 is 0 Å². The van der Waals surface area contributed by atoms with Crippen molar-refractivity contribution in [3.05, 3.63) is 24.3 Å². The van der Waals surface area contributed by atoms with E-state index in [4.69, 9.17) is 24.1 Å². The van der Waals surface area contributed by atoms with Gasteiger partial charge in [-0.05, 0) is 33.6 Å². The third-order valence-electron chi connectivity index (χ3n) is 5.88. The molecule has 0 heterocycles. The van der Waals surface area contributed by atoms with Gasteiger partial charge in [-0.3, -0.25) is 9.59 Å². The van der Waals surface area contributed by atoms with Crippen molar-refractivity contribution in [2.45, 2.75) is 130 Å². The molecule has 0 aromatic rings. The molecule has 0 aliphatic rings. The van der Waals surface area contributed by atoms with E-state index in [2.05, 4.69) is 31.7 Å². The van der Waals surface area contributed by atoms with Crippen molar-refractivity contribution < 1.29 is 57.6 Å². The zero-order valence-corrected chi connectivity index (χ0v) is 28.6. The van der Waals surface area contributed by atoms with Gasteiger partial charge in [0, 0.05) is 11.1 Å². The Morgan fingerprint density at radius 2 is 0.913 bits per heavy atom. The smallest absolute Gasteiger partial charge is 0.344 e. The lowest BCUT2D eigenvalue weighted by molar-refractivity contribution is -0.165. The van der Waals surface area contributed by atoms with E-state index < -0.39 is 54.6 Å². The average molecular weight is 657 g/mol. The molecule has 0 aliphatic carbocycles. The summed E-state index contributed by atoms with van der Waals surface area (Å²) in [7, 11) is 0. The Morgan fingerprint density at radius 1 is 0.543 bits per heavy atom. The molecule has 264 valence electrons. The van der Waals surface area contributed by atoms with Crippen LogP contribution in [0.15, 0.2) is 24.3 Å². The van der Waals surface area contributed by atoms with E-state index in [-0.39, 0.29) is 24.0 Å². The van der Waals surface area contributed by atoms with Gasteiger partial charge < -0.3 is 28.8 Å². The molecule has 0 bridgehead atoms. The van der Waals surface area contributed by atoms with Gasteiger partial charge in [-0.1, -0.05) is 91.2 Å². The van der Waals surface area contributed by atoms with Gasteiger partial charge >= 0.3 is 35.8 Å². The van der Waals surface area contributed by atoms with Crippen LogP contribution in [0.1, 0.15) is 125 Å².